The van der Waals surface area contributed by atoms with Gasteiger partial charge in [-0.2, -0.15) is 0 Å². The number of hydrogen-bond donors (Lipinski definition) is 1. The third kappa shape index (κ3) is 3.65. The first-order valence-electron chi connectivity index (χ1n) is 8.01. The van der Waals surface area contributed by atoms with E-state index in [9.17, 15) is 0 Å². The molecule has 2 aromatic rings. The van der Waals surface area contributed by atoms with Crippen molar-refractivity contribution < 1.29 is 14.2 Å². The van der Waals surface area contributed by atoms with Crippen molar-refractivity contribution >= 4 is 11.0 Å². The highest BCUT2D eigenvalue weighted by molar-refractivity contribution is 5.77. The molecule has 6 heteroatoms. The van der Waals surface area contributed by atoms with Crippen molar-refractivity contribution in [3.05, 3.63) is 24.0 Å². The molecule has 3 rings (SSSR count). The molecule has 0 spiro atoms. The van der Waals surface area contributed by atoms with E-state index in [-0.39, 0.29) is 18.1 Å². The minimum Gasteiger partial charge on any atom is -0.497 e. The number of fused-ring (bicyclic) bond motifs is 1. The number of methoxy groups -OCH3 is 1. The van der Waals surface area contributed by atoms with Gasteiger partial charge in [-0.05, 0) is 39.8 Å². The summed E-state index contributed by atoms with van der Waals surface area (Å²) in [6.45, 7) is 9.68. The van der Waals surface area contributed by atoms with Crippen LogP contribution in [0.2, 0.25) is 0 Å². The second kappa shape index (κ2) is 6.11. The maximum absolute atomic E-state index is 5.77. The molecule has 1 fully saturated rings. The van der Waals surface area contributed by atoms with Crippen LogP contribution in [0.1, 0.15) is 33.5 Å². The number of imidazole rings is 1. The molecule has 0 saturated carbocycles. The van der Waals surface area contributed by atoms with Crippen molar-refractivity contribution in [2.45, 2.75) is 58.9 Å². The van der Waals surface area contributed by atoms with Gasteiger partial charge in [-0.25, -0.2) is 4.98 Å². The summed E-state index contributed by atoms with van der Waals surface area (Å²) in [4.78, 5) is 4.71. The van der Waals surface area contributed by atoms with Crippen LogP contribution in [0.15, 0.2) is 18.2 Å². The van der Waals surface area contributed by atoms with Crippen LogP contribution in [0.4, 0.5) is 0 Å². The van der Waals surface area contributed by atoms with Gasteiger partial charge in [0.25, 0.3) is 0 Å². The third-order valence-corrected chi connectivity index (χ3v) is 3.73. The highest BCUT2D eigenvalue weighted by Crippen LogP contribution is 2.27. The van der Waals surface area contributed by atoms with Gasteiger partial charge in [-0.15, -0.1) is 0 Å². The molecule has 0 radical (unpaired) electrons. The highest BCUT2D eigenvalue weighted by Gasteiger charge is 2.42. The number of nitrogens with zero attached hydrogens (tertiary/aromatic N) is 2. The molecule has 1 aliphatic heterocycles. The summed E-state index contributed by atoms with van der Waals surface area (Å²) in [5.74, 6) is 1.83. The molecular weight excluding hydrogens is 294 g/mol. The predicted octanol–water partition coefficient (Wildman–Crippen LogP) is 2.65. The van der Waals surface area contributed by atoms with Gasteiger partial charge in [0.15, 0.2) is 12.5 Å². The molecule has 23 heavy (non-hydrogen) atoms. The van der Waals surface area contributed by atoms with Gasteiger partial charge in [0.2, 0.25) is 0 Å². The Labute approximate surface area is 136 Å². The standard InChI is InChI=1S/C17H25N3O3/c1-6-20-13-9-11(21-5)7-8-12(13)19-14(20)10-18-15-16(22-15)23-17(2,3)4/h7-9,15-16,18H,6,10H2,1-5H3. The van der Waals surface area contributed by atoms with Crippen molar-refractivity contribution in [2.75, 3.05) is 7.11 Å². The van der Waals surface area contributed by atoms with E-state index in [1.54, 1.807) is 7.11 Å². The van der Waals surface area contributed by atoms with Crippen molar-refractivity contribution in [1.82, 2.24) is 14.9 Å². The summed E-state index contributed by atoms with van der Waals surface area (Å²) in [6.07, 6.45) is -0.233. The molecule has 1 aromatic heterocycles. The number of nitrogens with one attached hydrogen (secondary N) is 1. The summed E-state index contributed by atoms with van der Waals surface area (Å²) in [5.41, 5.74) is 1.86. The summed E-state index contributed by atoms with van der Waals surface area (Å²) in [5, 5.41) is 3.35. The Bertz CT molecular complexity index is 690. The SMILES string of the molecule is CCn1c(CNC2OC2OC(C)(C)C)nc2ccc(OC)cc21. The first-order chi connectivity index (χ1) is 10.9. The first kappa shape index (κ1) is 16.2. The summed E-state index contributed by atoms with van der Waals surface area (Å²) < 4.78 is 18.8. The zero-order valence-corrected chi connectivity index (χ0v) is 14.4. The average Bonchev–Trinajstić information content (AvgIpc) is 3.11. The van der Waals surface area contributed by atoms with Crippen molar-refractivity contribution in [2.24, 2.45) is 0 Å². The van der Waals surface area contributed by atoms with Gasteiger partial charge >= 0.3 is 0 Å². The molecular formula is C17H25N3O3. The van der Waals surface area contributed by atoms with Gasteiger partial charge in [0.05, 0.1) is 30.3 Å². The normalized spacial score (nSPS) is 20.9. The molecule has 0 aliphatic carbocycles. The summed E-state index contributed by atoms with van der Waals surface area (Å²) in [6, 6.07) is 5.95. The third-order valence-electron chi connectivity index (χ3n) is 3.73. The zero-order chi connectivity index (χ0) is 16.6. The van der Waals surface area contributed by atoms with Gasteiger partial charge in [0.1, 0.15) is 11.6 Å². The fourth-order valence-electron chi connectivity index (χ4n) is 2.64. The van der Waals surface area contributed by atoms with Crippen LogP contribution in [0.5, 0.6) is 5.75 Å². The molecule has 2 heterocycles. The molecule has 2 atom stereocenters. The molecule has 0 bridgehead atoms. The molecule has 1 aromatic carbocycles. The van der Waals surface area contributed by atoms with Crippen molar-refractivity contribution in [1.29, 1.82) is 0 Å². The zero-order valence-electron chi connectivity index (χ0n) is 14.4. The monoisotopic (exact) mass is 319 g/mol. The first-order valence-corrected chi connectivity index (χ1v) is 8.01. The molecule has 6 nitrogen and oxygen atoms in total. The Morgan fingerprint density at radius 1 is 1.35 bits per heavy atom. The van der Waals surface area contributed by atoms with Crippen molar-refractivity contribution in [3.63, 3.8) is 0 Å². The molecule has 1 saturated heterocycles. The van der Waals surface area contributed by atoms with E-state index in [0.717, 1.165) is 29.2 Å². The van der Waals surface area contributed by atoms with E-state index >= 15 is 0 Å². The smallest absolute Gasteiger partial charge is 0.200 e. The number of rotatable bonds is 6. The van der Waals surface area contributed by atoms with Crippen LogP contribution in [0, 0.1) is 0 Å². The second-order valence-corrected chi connectivity index (χ2v) is 6.66. The number of ether oxygens (including phenoxy) is 3. The Morgan fingerprint density at radius 2 is 2.13 bits per heavy atom. The van der Waals surface area contributed by atoms with Gasteiger partial charge in [-0.1, -0.05) is 0 Å². The van der Waals surface area contributed by atoms with Crippen LogP contribution >= 0.6 is 0 Å². The van der Waals surface area contributed by atoms with Crippen molar-refractivity contribution in [3.8, 4) is 5.75 Å². The number of benzene rings is 1. The Hall–Kier alpha value is -1.63. The predicted molar refractivity (Wildman–Crippen MR) is 88.3 cm³/mol. The largest absolute Gasteiger partial charge is 0.497 e. The van der Waals surface area contributed by atoms with Crippen LogP contribution in [0.3, 0.4) is 0 Å². The lowest BCUT2D eigenvalue weighted by Crippen LogP contribution is -2.27. The molecule has 2 unspecified atom stereocenters. The number of aryl methyl sites for hydroxylation is 1. The van der Waals surface area contributed by atoms with Crippen LogP contribution in [-0.2, 0) is 22.6 Å². The van der Waals surface area contributed by atoms with E-state index in [1.807, 2.05) is 39.0 Å². The second-order valence-electron chi connectivity index (χ2n) is 6.66. The molecule has 1 aliphatic rings. The average molecular weight is 319 g/mol. The topological polar surface area (TPSA) is 60.8 Å². The Kier molecular flexibility index (Phi) is 4.31. The quantitative estimate of drug-likeness (QED) is 0.830. The van der Waals surface area contributed by atoms with E-state index in [2.05, 4.69) is 16.8 Å². The minimum atomic E-state index is -0.200. The molecule has 126 valence electrons. The van der Waals surface area contributed by atoms with Crippen LogP contribution in [0.25, 0.3) is 11.0 Å². The maximum atomic E-state index is 5.77. The lowest BCUT2D eigenvalue weighted by molar-refractivity contribution is -0.0571. The van der Waals surface area contributed by atoms with E-state index < -0.39 is 0 Å². The summed E-state index contributed by atoms with van der Waals surface area (Å²) >= 11 is 0. The fraction of sp³-hybridized carbons (Fsp3) is 0.588. The Balaban J connectivity index is 1.69. The van der Waals surface area contributed by atoms with Crippen LogP contribution < -0.4 is 10.1 Å². The Morgan fingerprint density at radius 3 is 2.78 bits per heavy atom. The van der Waals surface area contributed by atoms with E-state index in [0.29, 0.717) is 6.54 Å². The van der Waals surface area contributed by atoms with Gasteiger partial charge in [-0.3, -0.25) is 5.32 Å². The lowest BCUT2D eigenvalue weighted by atomic mass is 10.2. The number of epoxide rings is 1. The van der Waals surface area contributed by atoms with E-state index in [1.165, 1.54) is 0 Å². The van der Waals surface area contributed by atoms with Crippen LogP contribution in [-0.4, -0.2) is 34.8 Å². The summed E-state index contributed by atoms with van der Waals surface area (Å²) in [7, 11) is 1.68. The fourth-order valence-corrected chi connectivity index (χ4v) is 2.64. The highest BCUT2D eigenvalue weighted by atomic mass is 16.8. The maximum Gasteiger partial charge on any atom is 0.200 e. The number of hydrogen-bond acceptors (Lipinski definition) is 5. The lowest BCUT2D eigenvalue weighted by Gasteiger charge is -2.17. The van der Waals surface area contributed by atoms with Gasteiger partial charge in [0, 0.05) is 12.6 Å². The molecule has 0 amide bonds. The number of aromatic nitrogens is 2. The van der Waals surface area contributed by atoms with E-state index in [4.69, 9.17) is 19.2 Å². The minimum absolute atomic E-state index is 0.0612. The molecule has 1 N–H and O–H groups in total. The van der Waals surface area contributed by atoms with Gasteiger partial charge < -0.3 is 18.8 Å².